The number of ether oxygens (including phenoxy) is 1. The summed E-state index contributed by atoms with van der Waals surface area (Å²) in [5.74, 6) is 0.274. The van der Waals surface area contributed by atoms with Gasteiger partial charge in [-0.25, -0.2) is 0 Å². The average Bonchev–Trinajstić information content (AvgIpc) is 1.94. The first kappa shape index (κ1) is 13.8. The Hall–Kier alpha value is -0.250. The minimum Gasteiger partial charge on any atom is -0.366 e. The lowest BCUT2D eigenvalue weighted by Crippen LogP contribution is -2.34. The molecule has 0 radical (unpaired) electrons. The van der Waals surface area contributed by atoms with E-state index in [4.69, 9.17) is 4.74 Å². The van der Waals surface area contributed by atoms with Gasteiger partial charge in [-0.3, -0.25) is 0 Å². The van der Waals surface area contributed by atoms with Crippen molar-refractivity contribution < 1.29 is 17.9 Å². The number of hydrogen-bond acceptors (Lipinski definition) is 1. The van der Waals surface area contributed by atoms with Crippen molar-refractivity contribution in [2.45, 2.75) is 58.9 Å². The molecule has 0 heterocycles. The first-order chi connectivity index (χ1) is 6.23. The van der Waals surface area contributed by atoms with Crippen molar-refractivity contribution >= 4 is 0 Å². The van der Waals surface area contributed by atoms with Gasteiger partial charge in [-0.15, -0.1) is 0 Å². The van der Waals surface area contributed by atoms with Crippen LogP contribution < -0.4 is 0 Å². The molecule has 1 atom stereocenters. The lowest BCUT2D eigenvalue weighted by Gasteiger charge is -2.23. The summed E-state index contributed by atoms with van der Waals surface area (Å²) in [6, 6.07) is 0. The Labute approximate surface area is 83.6 Å². The Morgan fingerprint density at radius 2 is 1.50 bits per heavy atom. The highest BCUT2D eigenvalue weighted by Gasteiger charge is 2.40. The highest BCUT2D eigenvalue weighted by Crippen LogP contribution is 2.28. The topological polar surface area (TPSA) is 9.23 Å². The molecule has 0 amide bonds. The molecule has 0 aromatic rings. The molecule has 86 valence electrons. The fourth-order valence-corrected chi connectivity index (χ4v) is 1.12. The normalized spacial score (nSPS) is 15.2. The van der Waals surface area contributed by atoms with Gasteiger partial charge in [0.25, 0.3) is 0 Å². The minimum absolute atomic E-state index is 0.0549. The lowest BCUT2D eigenvalue weighted by atomic mass is 10.0. The van der Waals surface area contributed by atoms with Crippen LogP contribution in [0.15, 0.2) is 0 Å². The van der Waals surface area contributed by atoms with E-state index in [9.17, 15) is 13.2 Å². The molecule has 0 bridgehead atoms. The molecule has 0 saturated heterocycles. The van der Waals surface area contributed by atoms with Crippen molar-refractivity contribution in [3.8, 4) is 0 Å². The summed E-state index contributed by atoms with van der Waals surface area (Å²) >= 11 is 0. The van der Waals surface area contributed by atoms with E-state index in [1.165, 1.54) is 0 Å². The van der Waals surface area contributed by atoms with Crippen molar-refractivity contribution in [1.82, 2.24) is 0 Å². The summed E-state index contributed by atoms with van der Waals surface area (Å²) in [5, 5.41) is 0. The van der Waals surface area contributed by atoms with Crippen molar-refractivity contribution in [1.29, 1.82) is 0 Å². The molecule has 14 heavy (non-hydrogen) atoms. The van der Waals surface area contributed by atoms with Gasteiger partial charge in [0.2, 0.25) is 0 Å². The van der Waals surface area contributed by atoms with E-state index in [-0.39, 0.29) is 18.4 Å². The SMILES string of the molecule is CC(C)CC[C@H](OC(C)C)C(F)(F)F. The van der Waals surface area contributed by atoms with Crippen LogP contribution in [0.4, 0.5) is 13.2 Å². The van der Waals surface area contributed by atoms with Crippen LogP contribution in [0.25, 0.3) is 0 Å². The molecule has 0 aliphatic rings. The first-order valence-corrected chi connectivity index (χ1v) is 4.95. The Morgan fingerprint density at radius 3 is 1.79 bits per heavy atom. The van der Waals surface area contributed by atoms with Gasteiger partial charge in [-0.05, 0) is 32.6 Å². The number of rotatable bonds is 5. The maximum atomic E-state index is 12.4. The summed E-state index contributed by atoms with van der Waals surface area (Å²) in [6.45, 7) is 7.05. The minimum atomic E-state index is -4.24. The smallest absolute Gasteiger partial charge is 0.366 e. The molecule has 0 saturated carbocycles. The van der Waals surface area contributed by atoms with Gasteiger partial charge >= 0.3 is 6.18 Å². The van der Waals surface area contributed by atoms with Crippen LogP contribution in [0.5, 0.6) is 0 Å². The number of alkyl halides is 3. The molecule has 0 aliphatic heterocycles. The van der Waals surface area contributed by atoms with Crippen molar-refractivity contribution in [3.63, 3.8) is 0 Å². The fraction of sp³-hybridized carbons (Fsp3) is 1.00. The van der Waals surface area contributed by atoms with Crippen molar-refractivity contribution in [2.24, 2.45) is 5.92 Å². The van der Waals surface area contributed by atoms with E-state index in [0.29, 0.717) is 6.42 Å². The van der Waals surface area contributed by atoms with Crippen molar-refractivity contribution in [3.05, 3.63) is 0 Å². The van der Waals surface area contributed by atoms with Gasteiger partial charge in [0.15, 0.2) is 6.10 Å². The van der Waals surface area contributed by atoms with Crippen LogP contribution in [-0.4, -0.2) is 18.4 Å². The Bertz CT molecular complexity index is 152. The zero-order valence-electron chi connectivity index (χ0n) is 9.19. The number of hydrogen-bond donors (Lipinski definition) is 0. The van der Waals surface area contributed by atoms with Crippen LogP contribution >= 0.6 is 0 Å². The molecule has 1 nitrogen and oxygen atoms in total. The second-order valence-electron chi connectivity index (χ2n) is 4.19. The Balaban J connectivity index is 4.12. The largest absolute Gasteiger partial charge is 0.414 e. The number of halogens is 3. The maximum Gasteiger partial charge on any atom is 0.414 e. The summed E-state index contributed by atoms with van der Waals surface area (Å²) in [4.78, 5) is 0. The van der Waals surface area contributed by atoms with Gasteiger partial charge < -0.3 is 4.74 Å². The molecule has 0 N–H and O–H groups in total. The molecule has 0 rings (SSSR count). The Morgan fingerprint density at radius 1 is 1.00 bits per heavy atom. The summed E-state index contributed by atoms with van der Waals surface area (Å²) < 4.78 is 42.1. The van der Waals surface area contributed by atoms with E-state index < -0.39 is 12.3 Å². The average molecular weight is 212 g/mol. The van der Waals surface area contributed by atoms with E-state index in [0.717, 1.165) is 0 Å². The highest BCUT2D eigenvalue weighted by molar-refractivity contribution is 4.69. The second-order valence-corrected chi connectivity index (χ2v) is 4.19. The zero-order chi connectivity index (χ0) is 11.4. The third-order valence-electron chi connectivity index (χ3n) is 1.81. The summed E-state index contributed by atoms with van der Waals surface area (Å²) in [7, 11) is 0. The molecule has 0 spiro atoms. The highest BCUT2D eigenvalue weighted by atomic mass is 19.4. The maximum absolute atomic E-state index is 12.4. The second kappa shape index (κ2) is 5.59. The van der Waals surface area contributed by atoms with E-state index in [2.05, 4.69) is 0 Å². The van der Waals surface area contributed by atoms with E-state index in [1.807, 2.05) is 13.8 Å². The van der Waals surface area contributed by atoms with Crippen LogP contribution in [0.3, 0.4) is 0 Å². The molecule has 0 aromatic carbocycles. The van der Waals surface area contributed by atoms with Crippen molar-refractivity contribution in [2.75, 3.05) is 0 Å². The molecule has 4 heteroatoms. The monoisotopic (exact) mass is 212 g/mol. The predicted molar refractivity (Wildman–Crippen MR) is 50.1 cm³/mol. The van der Waals surface area contributed by atoms with Crippen LogP contribution in [-0.2, 0) is 4.74 Å². The van der Waals surface area contributed by atoms with Gasteiger partial charge in [0.1, 0.15) is 0 Å². The third-order valence-corrected chi connectivity index (χ3v) is 1.81. The lowest BCUT2D eigenvalue weighted by molar-refractivity contribution is -0.232. The first-order valence-electron chi connectivity index (χ1n) is 4.95. The molecule has 0 unspecified atom stereocenters. The summed E-state index contributed by atoms with van der Waals surface area (Å²) in [6.07, 6.45) is -5.63. The van der Waals surface area contributed by atoms with Gasteiger partial charge in [0.05, 0.1) is 6.10 Å². The molecule has 0 aromatic heterocycles. The van der Waals surface area contributed by atoms with Gasteiger partial charge in [-0.2, -0.15) is 13.2 Å². The van der Waals surface area contributed by atoms with E-state index in [1.54, 1.807) is 13.8 Å². The summed E-state index contributed by atoms with van der Waals surface area (Å²) in [5.41, 5.74) is 0. The molecular weight excluding hydrogens is 193 g/mol. The molecular formula is C10H19F3O. The molecule has 0 fully saturated rings. The quantitative estimate of drug-likeness (QED) is 0.674. The van der Waals surface area contributed by atoms with Crippen LogP contribution in [0, 0.1) is 5.92 Å². The zero-order valence-corrected chi connectivity index (χ0v) is 9.19. The van der Waals surface area contributed by atoms with E-state index >= 15 is 0 Å². The fourth-order valence-electron chi connectivity index (χ4n) is 1.12. The van der Waals surface area contributed by atoms with Crippen LogP contribution in [0.2, 0.25) is 0 Å². The van der Waals surface area contributed by atoms with Gasteiger partial charge in [-0.1, -0.05) is 13.8 Å². The van der Waals surface area contributed by atoms with Crippen LogP contribution in [0.1, 0.15) is 40.5 Å². The standard InChI is InChI=1S/C10H19F3O/c1-7(2)5-6-9(10(11,12)13)14-8(3)4/h7-9H,5-6H2,1-4H3/t9-/m0/s1. The Kier molecular flexibility index (Phi) is 5.49. The molecule has 0 aliphatic carbocycles. The predicted octanol–water partition coefficient (Wildman–Crippen LogP) is 3.78. The van der Waals surface area contributed by atoms with Gasteiger partial charge in [0, 0.05) is 0 Å². The third kappa shape index (κ3) is 6.24.